The van der Waals surface area contributed by atoms with E-state index < -0.39 is 31.2 Å². The van der Waals surface area contributed by atoms with Crippen LogP contribution in [0.2, 0.25) is 0 Å². The molecule has 0 aromatic heterocycles. The first-order valence-corrected chi connectivity index (χ1v) is 6.00. The molecule has 22 heteroatoms. The van der Waals surface area contributed by atoms with Crippen LogP contribution in [0.25, 0.3) is 0 Å². The summed E-state index contributed by atoms with van der Waals surface area (Å²) in [5, 5.41) is 0. The normalized spacial score (nSPS) is 7.91. The minimum Gasteiger partial charge on any atom is -0.870 e. The molecule has 3 N–H and O–H groups in total. The van der Waals surface area contributed by atoms with E-state index in [4.69, 9.17) is 52.6 Å². The van der Waals surface area contributed by atoms with E-state index >= 15 is 0 Å². The van der Waals surface area contributed by atoms with E-state index in [1.165, 1.54) is 0 Å². The topological polar surface area (TPSA) is 331 Å². The molecule has 0 saturated carbocycles. The van der Waals surface area contributed by atoms with Crippen molar-refractivity contribution in [1.29, 1.82) is 0 Å². The van der Waals surface area contributed by atoms with Gasteiger partial charge in [0, 0.05) is 31.2 Å². The molecule has 0 aromatic rings. The molecule has 22 heavy (non-hydrogen) atoms. The van der Waals surface area contributed by atoms with Gasteiger partial charge >= 0.3 is 131 Å². The Morgan fingerprint density at radius 3 is 0.409 bits per heavy atom. The molecule has 0 unspecified atom stereocenters. The van der Waals surface area contributed by atoms with Crippen molar-refractivity contribution in [3.05, 3.63) is 0 Å². The second kappa shape index (κ2) is 29.6. The molecule has 0 rings (SSSR count). The summed E-state index contributed by atoms with van der Waals surface area (Å²) in [5.41, 5.74) is 0. The van der Waals surface area contributed by atoms with Crippen molar-refractivity contribution >= 4 is 162 Å². The second-order valence-corrected chi connectivity index (χ2v) is 3.67. The Morgan fingerprint density at radius 1 is 0.409 bits per heavy atom. The van der Waals surface area contributed by atoms with Crippen molar-refractivity contribution in [2.45, 2.75) is 0 Å². The third kappa shape index (κ3) is 856. The van der Waals surface area contributed by atoms with Crippen LogP contribution in [0.1, 0.15) is 0 Å². The van der Waals surface area contributed by atoms with E-state index in [1.807, 2.05) is 0 Å². The van der Waals surface area contributed by atoms with Gasteiger partial charge in [0.25, 0.3) is 0 Å². The summed E-state index contributed by atoms with van der Waals surface area (Å²) in [6.07, 6.45) is 0. The fourth-order valence-electron chi connectivity index (χ4n) is 0. The molecule has 0 aromatic carbocycles. The van der Waals surface area contributed by atoms with Gasteiger partial charge < -0.3 is 43.7 Å². The van der Waals surface area contributed by atoms with E-state index in [2.05, 4.69) is 0 Å². The van der Waals surface area contributed by atoms with Gasteiger partial charge in [-0.2, -0.15) is 0 Å². The summed E-state index contributed by atoms with van der Waals surface area (Å²) in [6.45, 7) is 0. The maximum atomic E-state index is 8.52. The van der Waals surface area contributed by atoms with Gasteiger partial charge in [-0.25, -0.2) is 0 Å². The van der Waals surface area contributed by atoms with Crippen LogP contribution in [0, 0.1) is 0 Å². The Morgan fingerprint density at radius 2 is 0.409 bits per heavy atom. The number of rotatable bonds is 0. The first kappa shape index (κ1) is 63.6. The Kier molecular flexibility index (Phi) is 85.4. The zero-order chi connectivity index (χ0) is 13.5. The van der Waals surface area contributed by atoms with Gasteiger partial charge in [-0.05, 0) is 0 Å². The molecular weight excluding hydrogens is 483 g/mol. The smallest absolute Gasteiger partial charge is 0.870 e. The van der Waals surface area contributed by atoms with Crippen molar-refractivity contribution in [2.24, 2.45) is 0 Å². The second-order valence-electron chi connectivity index (χ2n) is 1.22. The minimum atomic E-state index is -5.17. The largest absolute Gasteiger partial charge is 3.00 e. The van der Waals surface area contributed by atoms with Crippen LogP contribution in [-0.4, -0.2) is 200 Å². The monoisotopic (exact) mass is 486 g/mol. The molecule has 0 saturated heterocycles. The number of hydrogen-bond acceptors (Lipinski definition) is 15. The molecule has 0 aliphatic rings. The fourth-order valence-corrected chi connectivity index (χ4v) is 0. The van der Waals surface area contributed by atoms with Crippen molar-refractivity contribution in [1.82, 2.24) is 0 Å². The van der Waals surface area contributed by atoms with Crippen LogP contribution in [0.5, 0.6) is 0 Å². The molecular formula is H3AlCa3O15S3. The van der Waals surface area contributed by atoms with Crippen LogP contribution in [-0.2, 0) is 31.2 Å². The van der Waals surface area contributed by atoms with Gasteiger partial charge in [0.05, 0.1) is 0 Å². The quantitative estimate of drug-likeness (QED) is 0.174. The van der Waals surface area contributed by atoms with E-state index in [0.717, 1.165) is 0 Å². The molecule has 0 atom stereocenters. The van der Waals surface area contributed by atoms with E-state index in [9.17, 15) is 0 Å². The van der Waals surface area contributed by atoms with Gasteiger partial charge in [-0.15, -0.1) is 0 Å². The predicted molar refractivity (Wildman–Crippen MR) is 60.2 cm³/mol. The van der Waals surface area contributed by atoms with Gasteiger partial charge in [-0.3, -0.25) is 25.3 Å². The molecule has 0 amide bonds. The van der Waals surface area contributed by atoms with E-state index in [0.29, 0.717) is 0 Å². The summed E-state index contributed by atoms with van der Waals surface area (Å²) >= 11 is 0. The average Bonchev–Trinajstić information content (AvgIpc) is 1.41. The van der Waals surface area contributed by atoms with Gasteiger partial charge in [0.1, 0.15) is 0 Å². The summed E-state index contributed by atoms with van der Waals surface area (Å²) in [6, 6.07) is 0. The first-order valence-electron chi connectivity index (χ1n) is 2.00. The number of hydrogen-bond donors (Lipinski definition) is 0. The summed E-state index contributed by atoms with van der Waals surface area (Å²) < 4.78 is 102. The zero-order valence-corrected chi connectivity index (χ0v) is 20.4. The van der Waals surface area contributed by atoms with Crippen molar-refractivity contribution in [3.8, 4) is 0 Å². The molecule has 15 nitrogen and oxygen atoms in total. The molecule has 120 valence electrons. The molecule has 0 heterocycles. The van der Waals surface area contributed by atoms with Gasteiger partial charge in [0.15, 0.2) is 0 Å². The van der Waals surface area contributed by atoms with Crippen molar-refractivity contribution < 1.29 is 69.0 Å². The predicted octanol–water partition coefficient (Wildman–Crippen LogP) is -6.07. The van der Waals surface area contributed by atoms with Gasteiger partial charge in [-0.1, -0.05) is 0 Å². The zero-order valence-electron chi connectivity index (χ0n) is 10.2. The summed E-state index contributed by atoms with van der Waals surface area (Å²) in [7, 11) is -15.5. The van der Waals surface area contributed by atoms with Gasteiger partial charge in [0.2, 0.25) is 0 Å². The van der Waals surface area contributed by atoms with Crippen LogP contribution in [0.3, 0.4) is 0 Å². The summed E-state index contributed by atoms with van der Waals surface area (Å²) in [4.78, 5) is 0. The molecule has 0 aliphatic heterocycles. The summed E-state index contributed by atoms with van der Waals surface area (Å²) in [5.74, 6) is 0. The van der Waals surface area contributed by atoms with E-state index in [-0.39, 0.29) is 147 Å². The Hall–Kier alpha value is 3.80. The fraction of sp³-hybridized carbons (Fsp3) is 0. The van der Waals surface area contributed by atoms with E-state index in [1.54, 1.807) is 0 Å². The third-order valence-corrected chi connectivity index (χ3v) is 0. The van der Waals surface area contributed by atoms with Crippen molar-refractivity contribution in [3.63, 3.8) is 0 Å². The third-order valence-electron chi connectivity index (χ3n) is 0. The van der Waals surface area contributed by atoms with Crippen molar-refractivity contribution in [2.75, 3.05) is 0 Å². The average molecular weight is 486 g/mol. The SMILES string of the molecule is O=S(=O)([O-])[O-].O=S(=O)([O-])[O-].O=S(=O)([O-])[O-].[Al+3].[Ca+2].[Ca+2].[Ca+2].[OH-].[OH-].[OH-]. The standard InChI is InChI=1S/Al.3Ca.3H2O4S.3H2O/c;;;;3*1-5(2,3)4;;;/h;;;;3*(H2,1,2,3,4);3*1H2/q+3;3*+2;;;;;;/p-9. The Labute approximate surface area is 226 Å². The maximum Gasteiger partial charge on any atom is 3.00 e. The van der Waals surface area contributed by atoms with Crippen LogP contribution in [0.4, 0.5) is 0 Å². The molecule has 0 aliphatic carbocycles. The molecule has 0 fully saturated rings. The molecule has 0 radical (unpaired) electrons. The Bertz CT molecular complexity index is 351. The van der Waals surface area contributed by atoms with Crippen LogP contribution in [0.15, 0.2) is 0 Å². The maximum absolute atomic E-state index is 8.52. The van der Waals surface area contributed by atoms with Crippen LogP contribution >= 0.6 is 0 Å². The first-order chi connectivity index (χ1) is 6.00. The molecule has 0 bridgehead atoms. The van der Waals surface area contributed by atoms with Crippen LogP contribution < -0.4 is 0 Å². The molecule has 0 spiro atoms. The Balaban J connectivity index is -0.0000000106. The minimum absolute atomic E-state index is 0.